The maximum atomic E-state index is 12.6. The molecule has 0 bridgehead atoms. The summed E-state index contributed by atoms with van der Waals surface area (Å²) in [4.78, 5) is 15.0. The number of ether oxygens (including phenoxy) is 1. The SMILES string of the molecule is COc1cc(C(=O)N2CCC(C)(C(N)=S)CC2)ccc1C. The van der Waals surface area contributed by atoms with Gasteiger partial charge in [-0.1, -0.05) is 25.2 Å². The molecular weight excluding hydrogens is 284 g/mol. The zero-order valence-electron chi connectivity index (χ0n) is 12.8. The Bertz CT molecular complexity index is 563. The van der Waals surface area contributed by atoms with Gasteiger partial charge in [-0.15, -0.1) is 0 Å². The summed E-state index contributed by atoms with van der Waals surface area (Å²) in [5.74, 6) is 0.782. The third kappa shape index (κ3) is 3.18. The van der Waals surface area contributed by atoms with E-state index >= 15 is 0 Å². The predicted molar refractivity (Wildman–Crippen MR) is 87.8 cm³/mol. The summed E-state index contributed by atoms with van der Waals surface area (Å²) in [7, 11) is 1.62. The fourth-order valence-corrected chi connectivity index (χ4v) is 2.79. The predicted octanol–water partition coefficient (Wildman–Crippen LogP) is 2.53. The highest BCUT2D eigenvalue weighted by Gasteiger charge is 2.34. The number of nitrogens with zero attached hydrogens (tertiary/aromatic N) is 1. The number of aryl methyl sites for hydroxylation is 1. The van der Waals surface area contributed by atoms with Crippen molar-refractivity contribution in [3.05, 3.63) is 29.3 Å². The van der Waals surface area contributed by atoms with E-state index in [9.17, 15) is 4.79 Å². The lowest BCUT2D eigenvalue weighted by Crippen LogP contribution is -2.46. The first kappa shape index (κ1) is 15.8. The normalized spacial score (nSPS) is 17.4. The molecule has 4 nitrogen and oxygen atoms in total. The summed E-state index contributed by atoms with van der Waals surface area (Å²) in [5, 5.41) is 0. The van der Waals surface area contributed by atoms with Crippen molar-refractivity contribution in [1.82, 2.24) is 4.90 Å². The van der Waals surface area contributed by atoms with Crippen molar-refractivity contribution in [2.45, 2.75) is 26.7 Å². The minimum Gasteiger partial charge on any atom is -0.496 e. The maximum Gasteiger partial charge on any atom is 0.253 e. The Balaban J connectivity index is 2.10. The third-order valence-corrected chi connectivity index (χ3v) is 4.90. The number of methoxy groups -OCH3 is 1. The minimum atomic E-state index is -0.128. The summed E-state index contributed by atoms with van der Waals surface area (Å²) in [6, 6.07) is 5.57. The lowest BCUT2D eigenvalue weighted by atomic mass is 9.80. The van der Waals surface area contributed by atoms with Gasteiger partial charge in [0.25, 0.3) is 5.91 Å². The van der Waals surface area contributed by atoms with Crippen molar-refractivity contribution < 1.29 is 9.53 Å². The Morgan fingerprint density at radius 3 is 2.52 bits per heavy atom. The van der Waals surface area contributed by atoms with Crippen LogP contribution < -0.4 is 10.5 Å². The molecule has 0 unspecified atom stereocenters. The Labute approximate surface area is 131 Å². The molecule has 1 aromatic carbocycles. The number of hydrogen-bond donors (Lipinski definition) is 1. The molecule has 2 N–H and O–H groups in total. The van der Waals surface area contributed by atoms with Gasteiger partial charge in [-0.2, -0.15) is 0 Å². The standard InChI is InChI=1S/C16H22N2O2S/c1-11-4-5-12(10-13(11)20-3)14(19)18-8-6-16(2,7-9-18)15(17)21/h4-5,10H,6-9H2,1-3H3,(H2,17,21). The van der Waals surface area contributed by atoms with Crippen LogP contribution in [0.1, 0.15) is 35.7 Å². The summed E-state index contributed by atoms with van der Waals surface area (Å²) in [6.07, 6.45) is 1.63. The molecule has 0 radical (unpaired) electrons. The number of amides is 1. The zero-order valence-corrected chi connectivity index (χ0v) is 13.6. The molecule has 1 saturated heterocycles. The van der Waals surface area contributed by atoms with E-state index in [1.54, 1.807) is 13.2 Å². The number of nitrogens with two attached hydrogens (primary N) is 1. The second-order valence-corrected chi connectivity index (χ2v) is 6.34. The van der Waals surface area contributed by atoms with Gasteiger partial charge in [0.2, 0.25) is 0 Å². The molecule has 21 heavy (non-hydrogen) atoms. The number of thiocarbonyl (C=S) groups is 1. The average molecular weight is 306 g/mol. The fourth-order valence-electron chi connectivity index (χ4n) is 2.59. The second kappa shape index (κ2) is 6.02. The topological polar surface area (TPSA) is 55.6 Å². The van der Waals surface area contributed by atoms with Gasteiger partial charge in [0, 0.05) is 24.1 Å². The molecular formula is C16H22N2O2S. The van der Waals surface area contributed by atoms with Crippen molar-refractivity contribution >= 4 is 23.1 Å². The minimum absolute atomic E-state index is 0.0401. The van der Waals surface area contributed by atoms with Crippen molar-refractivity contribution in [2.24, 2.45) is 11.1 Å². The number of likely N-dealkylation sites (tertiary alicyclic amines) is 1. The number of carbonyl (C=O) groups is 1. The first-order valence-electron chi connectivity index (χ1n) is 7.11. The summed E-state index contributed by atoms with van der Waals surface area (Å²) >= 11 is 5.13. The van der Waals surface area contributed by atoms with Gasteiger partial charge in [0.15, 0.2) is 0 Å². The molecule has 114 valence electrons. The molecule has 1 fully saturated rings. The van der Waals surface area contributed by atoms with Crippen molar-refractivity contribution in [3.63, 3.8) is 0 Å². The van der Waals surface area contributed by atoms with Crippen LogP contribution in [-0.4, -0.2) is 36.0 Å². The van der Waals surface area contributed by atoms with Gasteiger partial charge < -0.3 is 15.4 Å². The van der Waals surface area contributed by atoms with E-state index in [1.807, 2.05) is 24.0 Å². The van der Waals surface area contributed by atoms with Crippen LogP contribution in [0.25, 0.3) is 0 Å². The highest BCUT2D eigenvalue weighted by atomic mass is 32.1. The number of benzene rings is 1. The van der Waals surface area contributed by atoms with Gasteiger partial charge in [-0.3, -0.25) is 4.79 Å². The summed E-state index contributed by atoms with van der Waals surface area (Å²) < 4.78 is 5.28. The van der Waals surface area contributed by atoms with E-state index in [0.717, 1.165) is 24.2 Å². The van der Waals surface area contributed by atoms with E-state index in [1.165, 1.54) is 0 Å². The Morgan fingerprint density at radius 1 is 1.38 bits per heavy atom. The van der Waals surface area contributed by atoms with Crippen LogP contribution in [0.3, 0.4) is 0 Å². The second-order valence-electron chi connectivity index (χ2n) is 5.90. The van der Waals surface area contributed by atoms with Crippen molar-refractivity contribution in [2.75, 3.05) is 20.2 Å². The van der Waals surface area contributed by atoms with Gasteiger partial charge in [0.1, 0.15) is 5.75 Å². The molecule has 1 aromatic rings. The fraction of sp³-hybridized carbons (Fsp3) is 0.500. The first-order valence-corrected chi connectivity index (χ1v) is 7.52. The van der Waals surface area contributed by atoms with Crippen LogP contribution in [0.4, 0.5) is 0 Å². The van der Waals surface area contributed by atoms with Crippen LogP contribution in [-0.2, 0) is 0 Å². The zero-order chi connectivity index (χ0) is 15.6. The van der Waals surface area contributed by atoms with E-state index in [2.05, 4.69) is 6.92 Å². The van der Waals surface area contributed by atoms with Crippen LogP contribution in [0, 0.1) is 12.3 Å². The Hall–Kier alpha value is -1.62. The molecule has 0 aromatic heterocycles. The van der Waals surface area contributed by atoms with E-state index < -0.39 is 0 Å². The maximum absolute atomic E-state index is 12.6. The largest absolute Gasteiger partial charge is 0.496 e. The molecule has 1 aliphatic rings. The van der Waals surface area contributed by atoms with Crippen LogP contribution >= 0.6 is 12.2 Å². The molecule has 1 aliphatic heterocycles. The third-order valence-electron chi connectivity index (χ3n) is 4.40. The Morgan fingerprint density at radius 2 is 2.00 bits per heavy atom. The number of hydrogen-bond acceptors (Lipinski definition) is 3. The first-order chi connectivity index (χ1) is 9.87. The van der Waals surface area contributed by atoms with E-state index in [0.29, 0.717) is 23.6 Å². The summed E-state index contributed by atoms with van der Waals surface area (Å²) in [5.41, 5.74) is 7.36. The molecule has 5 heteroatoms. The highest BCUT2D eigenvalue weighted by Crippen LogP contribution is 2.32. The molecule has 0 aliphatic carbocycles. The van der Waals surface area contributed by atoms with Crippen LogP contribution in [0.15, 0.2) is 18.2 Å². The lowest BCUT2D eigenvalue weighted by molar-refractivity contribution is 0.0670. The average Bonchev–Trinajstić information content (AvgIpc) is 2.47. The molecule has 1 amide bonds. The highest BCUT2D eigenvalue weighted by molar-refractivity contribution is 7.80. The molecule has 1 heterocycles. The van der Waals surface area contributed by atoms with E-state index in [-0.39, 0.29) is 11.3 Å². The van der Waals surface area contributed by atoms with Crippen LogP contribution in [0.5, 0.6) is 5.75 Å². The lowest BCUT2D eigenvalue weighted by Gasteiger charge is -2.38. The molecule has 0 saturated carbocycles. The van der Waals surface area contributed by atoms with Gasteiger partial charge in [-0.05, 0) is 37.5 Å². The smallest absolute Gasteiger partial charge is 0.253 e. The van der Waals surface area contributed by atoms with Gasteiger partial charge in [-0.25, -0.2) is 0 Å². The van der Waals surface area contributed by atoms with Crippen molar-refractivity contribution in [1.29, 1.82) is 0 Å². The molecule has 0 spiro atoms. The van der Waals surface area contributed by atoms with Crippen LogP contribution in [0.2, 0.25) is 0 Å². The number of carbonyl (C=O) groups excluding carboxylic acids is 1. The number of piperidine rings is 1. The molecule has 2 rings (SSSR count). The van der Waals surface area contributed by atoms with E-state index in [4.69, 9.17) is 22.7 Å². The van der Waals surface area contributed by atoms with Gasteiger partial charge in [0.05, 0.1) is 12.1 Å². The monoisotopic (exact) mass is 306 g/mol. The molecule has 0 atom stereocenters. The van der Waals surface area contributed by atoms with Gasteiger partial charge >= 0.3 is 0 Å². The Kier molecular flexibility index (Phi) is 4.52. The summed E-state index contributed by atoms with van der Waals surface area (Å²) in [6.45, 7) is 5.40. The van der Waals surface area contributed by atoms with Crippen molar-refractivity contribution in [3.8, 4) is 5.75 Å². The number of rotatable bonds is 3. The quantitative estimate of drug-likeness (QED) is 0.872.